The third-order valence-electron chi connectivity index (χ3n) is 4.17. The minimum absolute atomic E-state index is 0.220. The van der Waals surface area contributed by atoms with Gasteiger partial charge in [0.25, 0.3) is 5.91 Å². The van der Waals surface area contributed by atoms with Gasteiger partial charge in [0.2, 0.25) is 5.75 Å². The predicted molar refractivity (Wildman–Crippen MR) is 98.7 cm³/mol. The van der Waals surface area contributed by atoms with Crippen molar-refractivity contribution in [1.29, 1.82) is 0 Å². The van der Waals surface area contributed by atoms with Crippen molar-refractivity contribution in [2.45, 2.75) is 13.0 Å². The summed E-state index contributed by atoms with van der Waals surface area (Å²) in [5.74, 6) is 0.257. The van der Waals surface area contributed by atoms with Gasteiger partial charge in [-0.05, 0) is 31.2 Å². The maximum atomic E-state index is 12.5. The molecule has 1 heterocycles. The van der Waals surface area contributed by atoms with Gasteiger partial charge in [0.05, 0.1) is 12.7 Å². The third kappa shape index (κ3) is 3.97. The Kier molecular flexibility index (Phi) is 5.49. The van der Waals surface area contributed by atoms with Crippen molar-refractivity contribution in [1.82, 2.24) is 0 Å². The summed E-state index contributed by atoms with van der Waals surface area (Å²) in [5, 5.41) is 0. The fourth-order valence-electron chi connectivity index (χ4n) is 2.72. The van der Waals surface area contributed by atoms with Gasteiger partial charge in [-0.3, -0.25) is 4.79 Å². The molecule has 7 heteroatoms. The number of ether oxygens (including phenoxy) is 4. The van der Waals surface area contributed by atoms with Crippen molar-refractivity contribution >= 4 is 17.6 Å². The first-order chi connectivity index (χ1) is 13.0. The number of amides is 1. The van der Waals surface area contributed by atoms with Gasteiger partial charge in [-0.1, -0.05) is 18.2 Å². The number of methoxy groups -OCH3 is 1. The standard InChI is InChI=1S/C20H21NO6/c1-13(19(22)21(2)15-7-5-4-6-8-15)27-20(23)14-11-16(24-3)18-17(12-14)25-9-10-26-18/h4-8,11-13H,9-10H2,1-3H3/t13-/m0/s1. The number of anilines is 1. The molecule has 0 spiro atoms. The van der Waals surface area contributed by atoms with E-state index < -0.39 is 12.1 Å². The molecule has 0 N–H and O–H groups in total. The lowest BCUT2D eigenvalue weighted by Crippen LogP contribution is -2.37. The fraction of sp³-hybridized carbons (Fsp3) is 0.300. The van der Waals surface area contributed by atoms with Crippen LogP contribution in [0.1, 0.15) is 17.3 Å². The number of nitrogens with zero attached hydrogens (tertiary/aromatic N) is 1. The molecule has 0 aromatic heterocycles. The molecule has 0 fully saturated rings. The van der Waals surface area contributed by atoms with Crippen molar-refractivity contribution in [3.05, 3.63) is 48.0 Å². The highest BCUT2D eigenvalue weighted by molar-refractivity contribution is 5.99. The molecular formula is C20H21NO6. The molecule has 3 rings (SSSR count). The summed E-state index contributed by atoms with van der Waals surface area (Å²) >= 11 is 0. The smallest absolute Gasteiger partial charge is 0.339 e. The quantitative estimate of drug-likeness (QED) is 0.753. The Labute approximate surface area is 157 Å². The minimum Gasteiger partial charge on any atom is -0.493 e. The second-order valence-corrected chi connectivity index (χ2v) is 5.98. The van der Waals surface area contributed by atoms with Crippen LogP contribution in [0.4, 0.5) is 5.69 Å². The van der Waals surface area contributed by atoms with Crippen molar-refractivity contribution in [3.63, 3.8) is 0 Å². The Hall–Kier alpha value is -3.22. The first kappa shape index (κ1) is 18.6. The number of carbonyl (C=O) groups excluding carboxylic acids is 2. The maximum Gasteiger partial charge on any atom is 0.339 e. The second kappa shape index (κ2) is 7.99. The molecule has 2 aromatic rings. The molecule has 142 valence electrons. The van der Waals surface area contributed by atoms with Crippen LogP contribution in [0.15, 0.2) is 42.5 Å². The summed E-state index contributed by atoms with van der Waals surface area (Å²) in [4.78, 5) is 26.5. The number of esters is 1. The maximum absolute atomic E-state index is 12.5. The van der Waals surface area contributed by atoms with Crippen LogP contribution < -0.4 is 19.1 Å². The van der Waals surface area contributed by atoms with E-state index in [4.69, 9.17) is 18.9 Å². The van der Waals surface area contributed by atoms with Crippen LogP contribution in [-0.2, 0) is 9.53 Å². The van der Waals surface area contributed by atoms with E-state index in [0.717, 1.165) is 0 Å². The predicted octanol–water partition coefficient (Wildman–Crippen LogP) is 2.67. The minimum atomic E-state index is -0.957. The Balaban J connectivity index is 1.74. The molecule has 1 amide bonds. The number of carbonyl (C=O) groups is 2. The number of hydrogen-bond donors (Lipinski definition) is 0. The first-order valence-corrected chi connectivity index (χ1v) is 8.52. The number of benzene rings is 2. The Morgan fingerprint density at radius 2 is 1.81 bits per heavy atom. The summed E-state index contributed by atoms with van der Waals surface area (Å²) in [5.41, 5.74) is 0.935. The summed E-state index contributed by atoms with van der Waals surface area (Å²) in [6.07, 6.45) is -0.957. The zero-order chi connectivity index (χ0) is 19.4. The highest BCUT2D eigenvalue weighted by Gasteiger charge is 2.26. The topological polar surface area (TPSA) is 74.3 Å². The molecule has 27 heavy (non-hydrogen) atoms. The van der Waals surface area contributed by atoms with Crippen molar-refractivity contribution < 1.29 is 28.5 Å². The summed E-state index contributed by atoms with van der Waals surface area (Å²) in [6.45, 7) is 2.32. The van der Waals surface area contributed by atoms with Gasteiger partial charge in [0.1, 0.15) is 13.2 Å². The molecule has 0 saturated heterocycles. The van der Waals surface area contributed by atoms with Crippen LogP contribution in [0.2, 0.25) is 0 Å². The number of likely N-dealkylation sites (N-methyl/N-ethyl adjacent to an activating group) is 1. The van der Waals surface area contributed by atoms with Crippen molar-refractivity contribution in [2.24, 2.45) is 0 Å². The number of rotatable bonds is 5. The van der Waals surface area contributed by atoms with E-state index in [1.807, 2.05) is 18.2 Å². The van der Waals surface area contributed by atoms with Gasteiger partial charge in [-0.2, -0.15) is 0 Å². The highest BCUT2D eigenvalue weighted by atomic mass is 16.6. The molecule has 0 unspecified atom stereocenters. The van der Waals surface area contributed by atoms with Gasteiger partial charge < -0.3 is 23.8 Å². The Bertz CT molecular complexity index is 819. The van der Waals surface area contributed by atoms with Gasteiger partial charge in [0.15, 0.2) is 17.6 Å². The zero-order valence-electron chi connectivity index (χ0n) is 15.4. The molecule has 0 saturated carbocycles. The first-order valence-electron chi connectivity index (χ1n) is 8.52. The largest absolute Gasteiger partial charge is 0.493 e. The summed E-state index contributed by atoms with van der Waals surface area (Å²) in [6, 6.07) is 12.2. The molecule has 0 bridgehead atoms. The summed E-state index contributed by atoms with van der Waals surface area (Å²) < 4.78 is 21.6. The van der Waals surface area contributed by atoms with E-state index in [1.165, 1.54) is 31.1 Å². The highest BCUT2D eigenvalue weighted by Crippen LogP contribution is 2.40. The molecule has 1 aliphatic rings. The zero-order valence-corrected chi connectivity index (χ0v) is 15.4. The fourth-order valence-corrected chi connectivity index (χ4v) is 2.72. The SMILES string of the molecule is COc1cc(C(=O)O[C@@H](C)C(=O)N(C)c2ccccc2)cc2c1OCCO2. The van der Waals surface area contributed by atoms with E-state index in [9.17, 15) is 9.59 Å². The van der Waals surface area contributed by atoms with E-state index in [2.05, 4.69) is 0 Å². The van der Waals surface area contributed by atoms with E-state index in [0.29, 0.717) is 36.1 Å². The van der Waals surface area contributed by atoms with Gasteiger partial charge in [0, 0.05) is 12.7 Å². The summed E-state index contributed by atoms with van der Waals surface area (Å²) in [7, 11) is 3.11. The third-order valence-corrected chi connectivity index (χ3v) is 4.17. The molecule has 0 radical (unpaired) electrons. The Morgan fingerprint density at radius 3 is 2.52 bits per heavy atom. The Morgan fingerprint density at radius 1 is 1.11 bits per heavy atom. The van der Waals surface area contributed by atoms with E-state index >= 15 is 0 Å². The number of para-hydroxylation sites is 1. The number of fused-ring (bicyclic) bond motifs is 1. The molecule has 7 nitrogen and oxygen atoms in total. The molecule has 0 aliphatic carbocycles. The van der Waals surface area contributed by atoms with Crippen LogP contribution in [0.3, 0.4) is 0 Å². The van der Waals surface area contributed by atoms with E-state index in [1.54, 1.807) is 19.2 Å². The van der Waals surface area contributed by atoms with Crippen molar-refractivity contribution in [2.75, 3.05) is 32.3 Å². The second-order valence-electron chi connectivity index (χ2n) is 5.98. The van der Waals surface area contributed by atoms with Crippen LogP contribution in [-0.4, -0.2) is 45.4 Å². The molecule has 1 atom stereocenters. The van der Waals surface area contributed by atoms with Crippen LogP contribution in [0.25, 0.3) is 0 Å². The van der Waals surface area contributed by atoms with Crippen LogP contribution in [0, 0.1) is 0 Å². The van der Waals surface area contributed by atoms with E-state index in [-0.39, 0.29) is 11.5 Å². The normalized spacial score (nSPS) is 13.4. The number of hydrogen-bond acceptors (Lipinski definition) is 6. The van der Waals surface area contributed by atoms with Gasteiger partial charge in [-0.15, -0.1) is 0 Å². The van der Waals surface area contributed by atoms with Gasteiger partial charge in [-0.25, -0.2) is 4.79 Å². The van der Waals surface area contributed by atoms with Gasteiger partial charge >= 0.3 is 5.97 Å². The molecule has 1 aliphatic heterocycles. The lowest BCUT2D eigenvalue weighted by molar-refractivity contribution is -0.126. The average Bonchev–Trinajstić information content (AvgIpc) is 2.72. The molecule has 2 aromatic carbocycles. The lowest BCUT2D eigenvalue weighted by atomic mass is 10.1. The van der Waals surface area contributed by atoms with Crippen molar-refractivity contribution in [3.8, 4) is 17.2 Å². The van der Waals surface area contributed by atoms with Crippen LogP contribution >= 0.6 is 0 Å². The van der Waals surface area contributed by atoms with Crippen LogP contribution in [0.5, 0.6) is 17.2 Å². The monoisotopic (exact) mass is 371 g/mol. The lowest BCUT2D eigenvalue weighted by Gasteiger charge is -2.23. The average molecular weight is 371 g/mol. The molecular weight excluding hydrogens is 350 g/mol.